The van der Waals surface area contributed by atoms with E-state index in [9.17, 15) is 9.59 Å². The molecule has 0 atom stereocenters. The minimum Gasteiger partial charge on any atom is -0.469 e. The summed E-state index contributed by atoms with van der Waals surface area (Å²) in [4.78, 5) is 21.2. The Bertz CT molecular complexity index is 157. The Kier molecular flexibility index (Phi) is 11.5. The summed E-state index contributed by atoms with van der Waals surface area (Å²) in [5, 5.41) is 2.91. The summed E-state index contributed by atoms with van der Waals surface area (Å²) in [7, 11) is 2.69. The van der Waals surface area contributed by atoms with E-state index in [0.717, 1.165) is 0 Å². The summed E-state index contributed by atoms with van der Waals surface area (Å²) in [5.74, 6) is -0.517. The van der Waals surface area contributed by atoms with E-state index in [4.69, 9.17) is 0 Å². The number of halogens is 1. The van der Waals surface area contributed by atoms with Crippen molar-refractivity contribution in [3.8, 4) is 0 Å². The number of hydrogen-bond acceptors (Lipinski definition) is 5. The topological polar surface area (TPSA) is 64.6 Å². The highest BCUT2D eigenvalue weighted by Crippen LogP contribution is 1.84. The van der Waals surface area contributed by atoms with Gasteiger partial charge in [0.1, 0.15) is 0 Å². The van der Waals surface area contributed by atoms with E-state index >= 15 is 0 Å². The number of hydrogen-bond donors (Lipinski definition) is 1. The molecule has 0 aliphatic heterocycles. The molecule has 0 saturated carbocycles. The minimum atomic E-state index is -0.259. The van der Waals surface area contributed by atoms with Crippen LogP contribution in [0.15, 0.2) is 0 Å². The van der Waals surface area contributed by atoms with Gasteiger partial charge in [0.15, 0.2) is 0 Å². The van der Waals surface area contributed by atoms with Crippen molar-refractivity contribution < 1.29 is 19.1 Å². The molecule has 0 aromatic rings. The van der Waals surface area contributed by atoms with Crippen molar-refractivity contribution in [2.75, 3.05) is 27.3 Å². The van der Waals surface area contributed by atoms with Gasteiger partial charge in [0.25, 0.3) is 0 Å². The van der Waals surface area contributed by atoms with Crippen LogP contribution >= 0.6 is 12.4 Å². The molecule has 0 aromatic heterocycles. The van der Waals surface area contributed by atoms with E-state index in [2.05, 4.69) is 14.8 Å². The molecule has 0 radical (unpaired) electrons. The number of ether oxygens (including phenoxy) is 2. The Labute approximate surface area is 89.5 Å². The van der Waals surface area contributed by atoms with Crippen LogP contribution in [0.2, 0.25) is 0 Å². The molecular weight excluding hydrogens is 210 g/mol. The molecule has 14 heavy (non-hydrogen) atoms. The number of carbonyl (C=O) groups is 2. The highest BCUT2D eigenvalue weighted by atomic mass is 35.5. The first-order valence-corrected chi connectivity index (χ1v) is 4.05. The second-order valence-corrected chi connectivity index (χ2v) is 2.40. The molecule has 0 unspecified atom stereocenters. The average Bonchev–Trinajstić information content (AvgIpc) is 2.16. The highest BCUT2D eigenvalue weighted by molar-refractivity contribution is 5.85. The number of carbonyl (C=O) groups excluding carboxylic acids is 2. The zero-order chi connectivity index (χ0) is 10.1. The normalized spacial score (nSPS) is 8.71. The maximum Gasteiger partial charge on any atom is 0.306 e. The molecule has 84 valence electrons. The number of nitrogens with one attached hydrogen (secondary N) is 1. The molecule has 0 aliphatic rings. The van der Waals surface area contributed by atoms with Crippen molar-refractivity contribution in [2.24, 2.45) is 0 Å². The zero-order valence-corrected chi connectivity index (χ0v) is 9.19. The smallest absolute Gasteiger partial charge is 0.306 e. The van der Waals surface area contributed by atoms with Crippen LogP contribution in [0.5, 0.6) is 0 Å². The molecule has 0 saturated heterocycles. The van der Waals surface area contributed by atoms with Crippen LogP contribution in [0.4, 0.5) is 0 Å². The zero-order valence-electron chi connectivity index (χ0n) is 8.37. The van der Waals surface area contributed by atoms with Crippen molar-refractivity contribution in [2.45, 2.75) is 12.8 Å². The first-order valence-electron chi connectivity index (χ1n) is 4.05. The second-order valence-electron chi connectivity index (χ2n) is 2.40. The fraction of sp³-hybridized carbons (Fsp3) is 0.750. The van der Waals surface area contributed by atoms with Gasteiger partial charge in [0, 0.05) is 13.1 Å². The average molecular weight is 226 g/mol. The standard InChI is InChI=1S/C8H15NO4.ClH/c1-12-7(10)3-5-9-6-4-8(11)13-2;/h9H,3-6H2,1-2H3;1H. The van der Waals surface area contributed by atoms with E-state index in [1.807, 2.05) is 0 Å². The van der Waals surface area contributed by atoms with Crippen LogP contribution in [-0.4, -0.2) is 39.2 Å². The van der Waals surface area contributed by atoms with Gasteiger partial charge < -0.3 is 14.8 Å². The van der Waals surface area contributed by atoms with Crippen LogP contribution in [-0.2, 0) is 19.1 Å². The first kappa shape index (κ1) is 15.7. The molecule has 0 amide bonds. The minimum absolute atomic E-state index is 0. The summed E-state index contributed by atoms with van der Waals surface area (Å²) in [6, 6.07) is 0. The van der Waals surface area contributed by atoms with Gasteiger partial charge in [-0.15, -0.1) is 12.4 Å². The maximum absolute atomic E-state index is 10.6. The van der Waals surface area contributed by atoms with Gasteiger partial charge >= 0.3 is 11.9 Å². The number of methoxy groups -OCH3 is 2. The molecule has 5 nitrogen and oxygen atoms in total. The molecule has 6 heteroatoms. The number of rotatable bonds is 6. The predicted molar refractivity (Wildman–Crippen MR) is 53.4 cm³/mol. The Morgan fingerprint density at radius 3 is 1.64 bits per heavy atom. The molecule has 0 bridgehead atoms. The fourth-order valence-corrected chi connectivity index (χ4v) is 0.710. The third-order valence-electron chi connectivity index (χ3n) is 1.47. The van der Waals surface area contributed by atoms with Crippen LogP contribution in [0.1, 0.15) is 12.8 Å². The third kappa shape index (κ3) is 9.28. The molecular formula is C8H16ClNO4. The van der Waals surface area contributed by atoms with E-state index in [1.165, 1.54) is 14.2 Å². The summed E-state index contributed by atoms with van der Waals surface area (Å²) < 4.78 is 8.86. The van der Waals surface area contributed by atoms with Gasteiger partial charge in [-0.3, -0.25) is 9.59 Å². The maximum atomic E-state index is 10.6. The monoisotopic (exact) mass is 225 g/mol. The largest absolute Gasteiger partial charge is 0.469 e. The Morgan fingerprint density at radius 2 is 1.36 bits per heavy atom. The van der Waals surface area contributed by atoms with Gasteiger partial charge in [-0.1, -0.05) is 0 Å². The number of esters is 2. The molecule has 1 N–H and O–H groups in total. The lowest BCUT2D eigenvalue weighted by Crippen LogP contribution is -2.22. The lowest BCUT2D eigenvalue weighted by Gasteiger charge is -2.02. The van der Waals surface area contributed by atoms with Crippen molar-refractivity contribution in [3.05, 3.63) is 0 Å². The molecule has 0 aliphatic carbocycles. The third-order valence-corrected chi connectivity index (χ3v) is 1.47. The van der Waals surface area contributed by atoms with Gasteiger partial charge in [-0.2, -0.15) is 0 Å². The summed E-state index contributed by atoms with van der Waals surface area (Å²) >= 11 is 0. The van der Waals surface area contributed by atoms with Crippen molar-refractivity contribution in [3.63, 3.8) is 0 Å². The fourth-order valence-electron chi connectivity index (χ4n) is 0.710. The van der Waals surface area contributed by atoms with Crippen LogP contribution in [0, 0.1) is 0 Å². The van der Waals surface area contributed by atoms with Gasteiger partial charge in [0.2, 0.25) is 0 Å². The Morgan fingerprint density at radius 1 is 1.00 bits per heavy atom. The van der Waals surface area contributed by atoms with Gasteiger partial charge in [-0.25, -0.2) is 0 Å². The SMILES string of the molecule is COC(=O)CCNCCC(=O)OC.Cl. The van der Waals surface area contributed by atoms with Crippen molar-refractivity contribution in [1.82, 2.24) is 5.32 Å². The molecule has 0 aromatic carbocycles. The quantitative estimate of drug-likeness (QED) is 0.514. The molecule has 0 fully saturated rings. The summed E-state index contributed by atoms with van der Waals surface area (Å²) in [5.41, 5.74) is 0. The van der Waals surface area contributed by atoms with Crippen LogP contribution in [0.25, 0.3) is 0 Å². The van der Waals surface area contributed by atoms with E-state index < -0.39 is 0 Å². The molecule has 0 rings (SSSR count). The van der Waals surface area contributed by atoms with Gasteiger partial charge in [-0.05, 0) is 0 Å². The Balaban J connectivity index is 0. The van der Waals surface area contributed by atoms with Gasteiger partial charge in [0.05, 0.1) is 27.1 Å². The van der Waals surface area contributed by atoms with Crippen molar-refractivity contribution >= 4 is 24.3 Å². The lowest BCUT2D eigenvalue weighted by molar-refractivity contribution is -0.140. The predicted octanol–water partition coefficient (Wildman–Crippen LogP) is 0.124. The lowest BCUT2D eigenvalue weighted by atomic mass is 10.4. The van der Waals surface area contributed by atoms with E-state index in [-0.39, 0.29) is 24.3 Å². The first-order chi connectivity index (χ1) is 6.20. The summed E-state index contributed by atoms with van der Waals surface area (Å²) in [6.07, 6.45) is 0.634. The summed E-state index contributed by atoms with van der Waals surface area (Å²) in [6.45, 7) is 1.04. The second kappa shape index (κ2) is 10.3. The van der Waals surface area contributed by atoms with E-state index in [1.54, 1.807) is 0 Å². The Hall–Kier alpha value is -0.810. The molecule has 0 heterocycles. The van der Waals surface area contributed by atoms with Crippen LogP contribution in [0.3, 0.4) is 0 Å². The van der Waals surface area contributed by atoms with Crippen LogP contribution < -0.4 is 5.32 Å². The highest BCUT2D eigenvalue weighted by Gasteiger charge is 2.00. The van der Waals surface area contributed by atoms with Crippen molar-refractivity contribution in [1.29, 1.82) is 0 Å². The van der Waals surface area contributed by atoms with E-state index in [0.29, 0.717) is 25.9 Å². The molecule has 0 spiro atoms.